The number of nitrogens with zero attached hydrogens (tertiary/aromatic N) is 3. The summed E-state index contributed by atoms with van der Waals surface area (Å²) in [6, 6.07) is 9.69. The molecular weight excluding hydrogens is 657 g/mol. The first-order valence-electron chi connectivity index (χ1n) is 17.0. The molecule has 1 aliphatic heterocycles. The van der Waals surface area contributed by atoms with Crippen LogP contribution in [0.4, 0.5) is 15.0 Å². The molecule has 0 saturated carbocycles. The number of methoxy groups -OCH3 is 1. The Balaban J connectivity index is 1.60. The molecule has 276 valence electrons. The summed E-state index contributed by atoms with van der Waals surface area (Å²) in [4.78, 5) is 47.9. The third-order valence-corrected chi connectivity index (χ3v) is 8.48. The van der Waals surface area contributed by atoms with E-state index in [2.05, 4.69) is 20.5 Å². The van der Waals surface area contributed by atoms with Crippen molar-refractivity contribution in [2.45, 2.75) is 66.2 Å². The molecule has 1 saturated heterocycles. The van der Waals surface area contributed by atoms with E-state index in [1.165, 1.54) is 25.4 Å². The van der Waals surface area contributed by atoms with Gasteiger partial charge in [-0.15, -0.1) is 0 Å². The lowest BCUT2D eigenvalue weighted by Gasteiger charge is -2.41. The Labute approximate surface area is 299 Å². The minimum absolute atomic E-state index is 0.139. The number of ether oxygens (including phenoxy) is 4. The van der Waals surface area contributed by atoms with Crippen LogP contribution in [0.5, 0.6) is 11.5 Å². The fraction of sp³-hybridized carbons (Fsp3) is 0.474. The van der Waals surface area contributed by atoms with Crippen LogP contribution in [0, 0.1) is 26.6 Å². The summed E-state index contributed by atoms with van der Waals surface area (Å²) in [7, 11) is 3.08. The van der Waals surface area contributed by atoms with Gasteiger partial charge in [0.15, 0.2) is 0 Å². The zero-order valence-electron chi connectivity index (χ0n) is 31.0. The third kappa shape index (κ3) is 10.4. The Morgan fingerprint density at radius 1 is 0.980 bits per heavy atom. The number of rotatable bonds is 12. The van der Waals surface area contributed by atoms with Gasteiger partial charge in [0, 0.05) is 51.9 Å². The summed E-state index contributed by atoms with van der Waals surface area (Å²) in [5.74, 6) is -0.160. The van der Waals surface area contributed by atoms with E-state index in [9.17, 15) is 18.8 Å². The Kier molecular flexibility index (Phi) is 13.0. The van der Waals surface area contributed by atoms with E-state index < -0.39 is 23.5 Å². The van der Waals surface area contributed by atoms with Crippen LogP contribution in [0.1, 0.15) is 76.8 Å². The molecule has 13 heteroatoms. The van der Waals surface area contributed by atoms with Gasteiger partial charge in [-0.05, 0) is 95.0 Å². The summed E-state index contributed by atoms with van der Waals surface area (Å²) in [6.45, 7) is 15.3. The summed E-state index contributed by atoms with van der Waals surface area (Å²) < 4.78 is 37.7. The standard InChI is InChI=1S/C38H50FN5O7/c1-23-10-11-27(18-31(23)39)33(22-43-12-13-44(26(4)21-43)37(47)51-38(5,6)7)50-32-17-24(2)29(19-30(32)35(45)40-8)36(46)42-34-25(3)16-28(20-41-34)49-15-14-48-9/h10-11,16-20,26,33H,12-15,21-22H2,1-9H3,(H,40,45)(H,41,42,46)/t26-,33-/m1/s1. The van der Waals surface area contributed by atoms with Crippen LogP contribution in [-0.4, -0.2) is 97.9 Å². The first-order chi connectivity index (χ1) is 24.1. The van der Waals surface area contributed by atoms with Gasteiger partial charge in [0.1, 0.15) is 41.4 Å². The number of piperazine rings is 1. The minimum Gasteiger partial charge on any atom is -0.490 e. The molecule has 3 aromatic rings. The number of hydrogen-bond acceptors (Lipinski definition) is 9. The second-order valence-corrected chi connectivity index (χ2v) is 13.8. The van der Waals surface area contributed by atoms with Gasteiger partial charge in [-0.3, -0.25) is 14.5 Å². The van der Waals surface area contributed by atoms with Crippen LogP contribution in [0.3, 0.4) is 0 Å². The lowest BCUT2D eigenvalue weighted by Crippen LogP contribution is -2.55. The quantitative estimate of drug-likeness (QED) is 0.223. The van der Waals surface area contributed by atoms with Crippen LogP contribution in [0.25, 0.3) is 0 Å². The molecule has 2 N–H and O–H groups in total. The van der Waals surface area contributed by atoms with Gasteiger partial charge in [0.25, 0.3) is 11.8 Å². The average molecular weight is 708 g/mol. The van der Waals surface area contributed by atoms with Crippen LogP contribution in [-0.2, 0) is 9.47 Å². The van der Waals surface area contributed by atoms with E-state index in [-0.39, 0.29) is 34.8 Å². The van der Waals surface area contributed by atoms with Crippen molar-refractivity contribution in [1.29, 1.82) is 0 Å². The van der Waals surface area contributed by atoms with Crippen LogP contribution < -0.4 is 20.1 Å². The second kappa shape index (κ2) is 17.0. The molecule has 0 bridgehead atoms. The van der Waals surface area contributed by atoms with E-state index in [0.717, 1.165) is 0 Å². The highest BCUT2D eigenvalue weighted by Gasteiger charge is 2.33. The number of aryl methyl sites for hydroxylation is 3. The molecule has 0 radical (unpaired) electrons. The molecular formula is C38H50FN5O7. The first-order valence-corrected chi connectivity index (χ1v) is 17.0. The molecule has 1 aromatic heterocycles. The van der Waals surface area contributed by atoms with Gasteiger partial charge < -0.3 is 34.5 Å². The molecule has 4 rings (SSSR count). The molecule has 1 fully saturated rings. The van der Waals surface area contributed by atoms with Gasteiger partial charge in [0.05, 0.1) is 18.4 Å². The number of carbonyl (C=O) groups excluding carboxylic acids is 3. The van der Waals surface area contributed by atoms with Gasteiger partial charge in [-0.2, -0.15) is 0 Å². The normalized spacial score (nSPS) is 15.6. The topological polar surface area (TPSA) is 132 Å². The maximum absolute atomic E-state index is 14.9. The minimum atomic E-state index is -0.695. The van der Waals surface area contributed by atoms with Crippen molar-refractivity contribution in [3.8, 4) is 11.5 Å². The van der Waals surface area contributed by atoms with E-state index in [0.29, 0.717) is 73.2 Å². The summed E-state index contributed by atoms with van der Waals surface area (Å²) in [5, 5.41) is 5.47. The van der Waals surface area contributed by atoms with Crippen molar-refractivity contribution in [3.05, 3.63) is 81.8 Å². The van der Waals surface area contributed by atoms with Crippen molar-refractivity contribution >= 4 is 23.7 Å². The molecule has 1 aliphatic rings. The molecule has 0 aliphatic carbocycles. The maximum atomic E-state index is 14.9. The van der Waals surface area contributed by atoms with Crippen molar-refractivity contribution in [1.82, 2.24) is 20.1 Å². The Morgan fingerprint density at radius 3 is 2.35 bits per heavy atom. The highest BCUT2D eigenvalue weighted by Crippen LogP contribution is 2.31. The molecule has 12 nitrogen and oxygen atoms in total. The highest BCUT2D eigenvalue weighted by atomic mass is 19.1. The van der Waals surface area contributed by atoms with Gasteiger partial charge in [0.2, 0.25) is 0 Å². The van der Waals surface area contributed by atoms with Crippen LogP contribution in [0.15, 0.2) is 42.6 Å². The summed E-state index contributed by atoms with van der Waals surface area (Å²) in [6.07, 6.45) is 0.455. The van der Waals surface area contributed by atoms with Crippen LogP contribution in [0.2, 0.25) is 0 Å². The van der Waals surface area contributed by atoms with E-state index >= 15 is 0 Å². The number of halogens is 1. The Morgan fingerprint density at radius 2 is 1.73 bits per heavy atom. The second-order valence-electron chi connectivity index (χ2n) is 13.8. The number of carbonyl (C=O) groups is 3. The fourth-order valence-corrected chi connectivity index (χ4v) is 5.71. The van der Waals surface area contributed by atoms with Crippen molar-refractivity contribution in [2.75, 3.05) is 58.9 Å². The van der Waals surface area contributed by atoms with Gasteiger partial charge >= 0.3 is 6.09 Å². The number of anilines is 1. The Hall–Kier alpha value is -4.75. The van der Waals surface area contributed by atoms with Gasteiger partial charge in [-0.1, -0.05) is 12.1 Å². The number of hydrogen-bond donors (Lipinski definition) is 2. The zero-order chi connectivity index (χ0) is 37.5. The van der Waals surface area contributed by atoms with E-state index in [1.807, 2.05) is 27.7 Å². The fourth-order valence-electron chi connectivity index (χ4n) is 5.71. The zero-order valence-corrected chi connectivity index (χ0v) is 31.0. The largest absolute Gasteiger partial charge is 0.490 e. The Bertz CT molecular complexity index is 1730. The molecule has 3 amide bonds. The maximum Gasteiger partial charge on any atom is 0.410 e. The number of nitrogens with one attached hydrogen (secondary N) is 2. The van der Waals surface area contributed by atoms with Crippen molar-refractivity contribution < 1.29 is 37.7 Å². The number of amides is 3. The first kappa shape index (κ1) is 39.0. The molecule has 2 atom stereocenters. The summed E-state index contributed by atoms with van der Waals surface area (Å²) in [5.41, 5.74) is 2.11. The van der Waals surface area contributed by atoms with Crippen molar-refractivity contribution in [2.24, 2.45) is 0 Å². The third-order valence-electron chi connectivity index (χ3n) is 8.48. The molecule has 0 unspecified atom stereocenters. The van der Waals surface area contributed by atoms with Crippen LogP contribution >= 0.6 is 0 Å². The monoisotopic (exact) mass is 707 g/mol. The average Bonchev–Trinajstić information content (AvgIpc) is 3.06. The number of benzene rings is 2. The lowest BCUT2D eigenvalue weighted by molar-refractivity contribution is -0.00301. The molecule has 0 spiro atoms. The molecule has 2 aromatic carbocycles. The molecule has 51 heavy (non-hydrogen) atoms. The number of pyridine rings is 1. The predicted molar refractivity (Wildman–Crippen MR) is 192 cm³/mol. The van der Waals surface area contributed by atoms with Crippen molar-refractivity contribution in [3.63, 3.8) is 0 Å². The number of aromatic nitrogens is 1. The summed E-state index contributed by atoms with van der Waals surface area (Å²) >= 11 is 0. The van der Waals surface area contributed by atoms with E-state index in [1.54, 1.807) is 57.0 Å². The molecule has 2 heterocycles. The van der Waals surface area contributed by atoms with Gasteiger partial charge in [-0.25, -0.2) is 14.2 Å². The van der Waals surface area contributed by atoms with E-state index in [4.69, 9.17) is 18.9 Å². The SMILES string of the molecule is CNC(=O)c1cc(C(=O)Nc2ncc(OCCOC)cc2C)c(C)cc1O[C@H](CN1CCN(C(=O)OC(C)(C)C)[C@H](C)C1)c1ccc(C)c(F)c1. The predicted octanol–water partition coefficient (Wildman–Crippen LogP) is 5.84. The smallest absolute Gasteiger partial charge is 0.410 e. The highest BCUT2D eigenvalue weighted by molar-refractivity contribution is 6.07. The lowest BCUT2D eigenvalue weighted by atomic mass is 10.0.